The van der Waals surface area contributed by atoms with Gasteiger partial charge in [-0.15, -0.1) is 0 Å². The first-order chi connectivity index (χ1) is 16.6. The average molecular weight is 513 g/mol. The number of carbonyl (C=O) groups excluding carboxylic acids is 1. The van der Waals surface area contributed by atoms with Gasteiger partial charge in [-0.3, -0.25) is 4.79 Å². The molecule has 0 N–H and O–H groups in total. The summed E-state index contributed by atoms with van der Waals surface area (Å²) < 4.78 is 12.4. The van der Waals surface area contributed by atoms with Crippen LogP contribution in [0.25, 0.3) is 10.8 Å². The predicted octanol–water partition coefficient (Wildman–Crippen LogP) is 6.36. The Morgan fingerprint density at radius 1 is 1.00 bits per heavy atom. The Bertz CT molecular complexity index is 1450. The molecule has 4 aromatic carbocycles. The van der Waals surface area contributed by atoms with Gasteiger partial charge in [0.1, 0.15) is 11.5 Å². The molecule has 4 aromatic rings. The van der Waals surface area contributed by atoms with E-state index in [2.05, 4.69) is 52.3 Å². The lowest BCUT2D eigenvalue weighted by molar-refractivity contribution is -0.00459. The molecule has 2 aliphatic rings. The molecule has 0 amide bonds. The van der Waals surface area contributed by atoms with E-state index in [0.717, 1.165) is 26.7 Å². The van der Waals surface area contributed by atoms with Crippen molar-refractivity contribution in [3.63, 3.8) is 0 Å². The van der Waals surface area contributed by atoms with E-state index in [1.54, 1.807) is 31.4 Å². The van der Waals surface area contributed by atoms with Gasteiger partial charge < -0.3 is 9.47 Å². The second-order valence-electron chi connectivity index (χ2n) is 8.45. The fraction of sp³-hybridized carbons (Fsp3) is 0.143. The number of fused-ring (bicyclic) bond motifs is 4. The molecule has 0 saturated heterocycles. The number of ether oxygens (including phenoxy) is 2. The highest BCUT2D eigenvalue weighted by atomic mass is 79.9. The van der Waals surface area contributed by atoms with Crippen LogP contribution in [0, 0.1) is 0 Å². The van der Waals surface area contributed by atoms with Gasteiger partial charge in [-0.25, -0.2) is 5.01 Å². The highest BCUT2D eigenvalue weighted by Gasteiger charge is 2.43. The number of hydrogen-bond acceptors (Lipinski definition) is 5. The largest absolute Gasteiger partial charge is 0.497 e. The lowest BCUT2D eigenvalue weighted by atomic mass is 9.95. The number of rotatable bonds is 4. The molecule has 2 atom stereocenters. The zero-order valence-corrected chi connectivity index (χ0v) is 20.0. The quantitative estimate of drug-likeness (QED) is 0.298. The molecular weight excluding hydrogens is 492 g/mol. The number of hydrogen-bond donors (Lipinski definition) is 0. The fourth-order valence-corrected chi connectivity index (χ4v) is 5.05. The maximum atomic E-state index is 13.6. The van der Waals surface area contributed by atoms with Crippen LogP contribution in [0.2, 0.25) is 0 Å². The second-order valence-corrected chi connectivity index (χ2v) is 9.37. The van der Waals surface area contributed by atoms with E-state index >= 15 is 0 Å². The van der Waals surface area contributed by atoms with Gasteiger partial charge in [0, 0.05) is 22.0 Å². The SMILES string of the molecule is COc1ccc(C(=O)[C@H]2Oc3ccc(Br)cc3[C@H]3CC(c4ccc5ccccc5c4)=NN23)cc1. The average Bonchev–Trinajstić information content (AvgIpc) is 3.33. The van der Waals surface area contributed by atoms with Crippen LogP contribution in [0.15, 0.2) is 94.5 Å². The van der Waals surface area contributed by atoms with E-state index in [4.69, 9.17) is 14.6 Å². The molecule has 0 aromatic heterocycles. The normalized spacial score (nSPS) is 18.6. The van der Waals surface area contributed by atoms with Crippen molar-refractivity contribution in [3.05, 3.63) is 106 Å². The van der Waals surface area contributed by atoms with Crippen LogP contribution >= 0.6 is 15.9 Å². The van der Waals surface area contributed by atoms with Gasteiger partial charge in [-0.1, -0.05) is 52.3 Å². The van der Waals surface area contributed by atoms with Crippen LogP contribution in [0.3, 0.4) is 0 Å². The molecule has 6 rings (SSSR count). The number of benzene rings is 4. The monoisotopic (exact) mass is 512 g/mol. The molecule has 2 aliphatic heterocycles. The van der Waals surface area contributed by atoms with Gasteiger partial charge in [0.2, 0.25) is 5.78 Å². The Kier molecular flexibility index (Phi) is 5.11. The number of nitrogens with zero attached hydrogens (tertiary/aromatic N) is 2. The van der Waals surface area contributed by atoms with E-state index in [0.29, 0.717) is 23.5 Å². The number of carbonyl (C=O) groups is 1. The minimum absolute atomic E-state index is 0.0880. The number of ketones is 1. The highest BCUT2D eigenvalue weighted by molar-refractivity contribution is 9.10. The molecular formula is C28H21BrN2O3. The summed E-state index contributed by atoms with van der Waals surface area (Å²) in [5, 5.41) is 9.12. The van der Waals surface area contributed by atoms with Crippen LogP contribution in [0.4, 0.5) is 0 Å². The van der Waals surface area contributed by atoms with Crippen LogP contribution in [0.5, 0.6) is 11.5 Å². The zero-order valence-electron chi connectivity index (χ0n) is 18.4. The maximum absolute atomic E-state index is 13.6. The van der Waals surface area contributed by atoms with E-state index in [-0.39, 0.29) is 11.8 Å². The molecule has 0 unspecified atom stereocenters. The summed E-state index contributed by atoms with van der Waals surface area (Å²) in [7, 11) is 1.61. The van der Waals surface area contributed by atoms with Gasteiger partial charge in [-0.2, -0.15) is 5.10 Å². The van der Waals surface area contributed by atoms with Crippen molar-refractivity contribution in [1.82, 2.24) is 5.01 Å². The highest BCUT2D eigenvalue weighted by Crippen LogP contribution is 2.44. The molecule has 0 radical (unpaired) electrons. The van der Waals surface area contributed by atoms with Crippen molar-refractivity contribution in [2.24, 2.45) is 5.10 Å². The Balaban J connectivity index is 1.41. The Morgan fingerprint density at radius 3 is 2.59 bits per heavy atom. The smallest absolute Gasteiger partial charge is 0.251 e. The van der Waals surface area contributed by atoms with Crippen LogP contribution < -0.4 is 9.47 Å². The lowest BCUT2D eigenvalue weighted by Crippen LogP contribution is -2.45. The maximum Gasteiger partial charge on any atom is 0.251 e. The number of Topliss-reactive ketones (excluding diaryl/α,β-unsaturated/α-hetero) is 1. The summed E-state index contributed by atoms with van der Waals surface area (Å²) in [6.07, 6.45) is -0.151. The van der Waals surface area contributed by atoms with Crippen LogP contribution in [-0.4, -0.2) is 29.8 Å². The summed E-state index contributed by atoms with van der Waals surface area (Å²) in [6, 6.07) is 27.6. The van der Waals surface area contributed by atoms with E-state index in [1.165, 1.54) is 5.39 Å². The molecule has 168 valence electrons. The number of methoxy groups -OCH3 is 1. The van der Waals surface area contributed by atoms with Crippen molar-refractivity contribution < 1.29 is 14.3 Å². The third-order valence-corrected chi connectivity index (χ3v) is 6.93. The summed E-state index contributed by atoms with van der Waals surface area (Å²) in [4.78, 5) is 13.6. The molecule has 0 spiro atoms. The topological polar surface area (TPSA) is 51.1 Å². The minimum atomic E-state index is -0.843. The molecule has 34 heavy (non-hydrogen) atoms. The van der Waals surface area contributed by atoms with Gasteiger partial charge in [0.25, 0.3) is 6.23 Å². The Hall–Kier alpha value is -3.64. The first kappa shape index (κ1) is 20.9. The predicted molar refractivity (Wildman–Crippen MR) is 136 cm³/mol. The van der Waals surface area contributed by atoms with Crippen molar-refractivity contribution in [3.8, 4) is 11.5 Å². The van der Waals surface area contributed by atoms with Crippen molar-refractivity contribution >= 4 is 38.2 Å². The van der Waals surface area contributed by atoms with E-state index in [1.807, 2.05) is 29.3 Å². The third kappa shape index (κ3) is 3.55. The van der Waals surface area contributed by atoms with Crippen LogP contribution in [0.1, 0.15) is 33.9 Å². The van der Waals surface area contributed by atoms with Gasteiger partial charge in [0.15, 0.2) is 0 Å². The minimum Gasteiger partial charge on any atom is -0.497 e. The number of halogens is 1. The zero-order chi connectivity index (χ0) is 23.2. The van der Waals surface area contributed by atoms with Crippen molar-refractivity contribution in [1.29, 1.82) is 0 Å². The Labute approximate surface area is 205 Å². The van der Waals surface area contributed by atoms with E-state index in [9.17, 15) is 4.79 Å². The van der Waals surface area contributed by atoms with Gasteiger partial charge in [0.05, 0.1) is 18.9 Å². The molecule has 6 heteroatoms. The molecule has 5 nitrogen and oxygen atoms in total. The summed E-state index contributed by atoms with van der Waals surface area (Å²) in [6.45, 7) is 0. The van der Waals surface area contributed by atoms with Gasteiger partial charge in [-0.05, 0) is 64.9 Å². The van der Waals surface area contributed by atoms with E-state index < -0.39 is 6.23 Å². The standard InChI is InChI=1S/C28H21BrN2O3/c1-33-22-11-8-18(9-12-22)27(32)28-31-25(23-15-21(29)10-13-26(23)34-28)16-24(30-31)20-7-6-17-4-2-3-5-19(17)14-20/h2-15,25,28H,16H2,1H3/t25-,28-/m1/s1. The first-order valence-electron chi connectivity index (χ1n) is 11.1. The third-order valence-electron chi connectivity index (χ3n) is 6.43. The van der Waals surface area contributed by atoms with Crippen LogP contribution in [-0.2, 0) is 0 Å². The molecule has 2 heterocycles. The number of hydrazone groups is 1. The fourth-order valence-electron chi connectivity index (χ4n) is 4.67. The summed E-state index contributed by atoms with van der Waals surface area (Å²) in [5.41, 5.74) is 3.58. The summed E-state index contributed by atoms with van der Waals surface area (Å²) in [5.74, 6) is 1.28. The molecule has 0 saturated carbocycles. The van der Waals surface area contributed by atoms with Crippen molar-refractivity contribution in [2.75, 3.05) is 7.11 Å². The van der Waals surface area contributed by atoms with Gasteiger partial charge >= 0.3 is 0 Å². The molecule has 0 bridgehead atoms. The molecule has 0 fully saturated rings. The molecule has 0 aliphatic carbocycles. The van der Waals surface area contributed by atoms with Crippen molar-refractivity contribution in [2.45, 2.75) is 18.7 Å². The first-order valence-corrected chi connectivity index (χ1v) is 11.9. The lowest BCUT2D eigenvalue weighted by Gasteiger charge is -2.37. The summed E-state index contributed by atoms with van der Waals surface area (Å²) >= 11 is 3.58. The second kappa shape index (κ2) is 8.29. The Morgan fingerprint density at radius 2 is 1.79 bits per heavy atom.